The second kappa shape index (κ2) is 4.93. The maximum atomic E-state index is 10.6. The van der Waals surface area contributed by atoms with Crippen molar-refractivity contribution in [2.75, 3.05) is 0 Å². The summed E-state index contributed by atoms with van der Waals surface area (Å²) in [6.45, 7) is 0. The van der Waals surface area contributed by atoms with Crippen LogP contribution in [0.3, 0.4) is 0 Å². The van der Waals surface area contributed by atoms with E-state index in [2.05, 4.69) is 10.1 Å². The maximum absolute atomic E-state index is 10.6. The molecule has 0 fully saturated rings. The lowest BCUT2D eigenvalue weighted by atomic mass is 10.2. The van der Waals surface area contributed by atoms with Crippen LogP contribution in [0.25, 0.3) is 17.1 Å². The number of nitro benzene ring substituents is 1. The Kier molecular flexibility index (Phi) is 2.96. The van der Waals surface area contributed by atoms with E-state index in [-0.39, 0.29) is 5.69 Å². The molecule has 0 radical (unpaired) electrons. The van der Waals surface area contributed by atoms with Crippen molar-refractivity contribution < 1.29 is 4.92 Å². The van der Waals surface area contributed by atoms with Crippen molar-refractivity contribution >= 4 is 5.69 Å². The normalized spacial score (nSPS) is 10.4. The number of nitrogens with zero attached hydrogens (tertiary/aromatic N) is 4. The predicted octanol–water partition coefficient (Wildman–Crippen LogP) is 2.84. The zero-order valence-electron chi connectivity index (χ0n) is 10.4. The smallest absolute Gasteiger partial charge is 0.258 e. The van der Waals surface area contributed by atoms with Gasteiger partial charge in [0, 0.05) is 17.7 Å². The standard InChI is InChI=1S/C14H10N4O2/c19-18(20)13-8-6-12(7-9-13)17-10-15-14(16-17)11-4-2-1-3-5-11/h1-10H. The van der Waals surface area contributed by atoms with Crippen molar-refractivity contribution in [3.05, 3.63) is 71.0 Å². The quantitative estimate of drug-likeness (QED) is 0.539. The van der Waals surface area contributed by atoms with Crippen LogP contribution in [0.4, 0.5) is 5.69 Å². The molecule has 1 aromatic heterocycles. The largest absolute Gasteiger partial charge is 0.269 e. The third-order valence-corrected chi connectivity index (χ3v) is 2.85. The SMILES string of the molecule is O=[N+]([O-])c1ccc(-n2cnc(-c3ccccc3)n2)cc1. The topological polar surface area (TPSA) is 73.8 Å². The average molecular weight is 266 g/mol. The summed E-state index contributed by atoms with van der Waals surface area (Å²) in [6, 6.07) is 15.8. The lowest BCUT2D eigenvalue weighted by Gasteiger charge is -1.99. The van der Waals surface area contributed by atoms with Crippen molar-refractivity contribution in [1.82, 2.24) is 14.8 Å². The molecule has 6 nitrogen and oxygen atoms in total. The molecule has 0 spiro atoms. The third kappa shape index (κ3) is 2.26. The Hall–Kier alpha value is -3.02. The van der Waals surface area contributed by atoms with Crippen molar-refractivity contribution in [3.8, 4) is 17.1 Å². The lowest BCUT2D eigenvalue weighted by molar-refractivity contribution is -0.384. The van der Waals surface area contributed by atoms with Gasteiger partial charge in [0.1, 0.15) is 6.33 Å². The summed E-state index contributed by atoms with van der Waals surface area (Å²) >= 11 is 0. The highest BCUT2D eigenvalue weighted by atomic mass is 16.6. The van der Waals surface area contributed by atoms with Gasteiger partial charge in [-0.05, 0) is 12.1 Å². The van der Waals surface area contributed by atoms with Gasteiger partial charge in [0.15, 0.2) is 5.82 Å². The van der Waals surface area contributed by atoms with E-state index in [1.807, 2.05) is 30.3 Å². The molecule has 0 aliphatic carbocycles. The molecular formula is C14H10N4O2. The molecular weight excluding hydrogens is 256 g/mol. The van der Waals surface area contributed by atoms with E-state index in [4.69, 9.17) is 0 Å². The number of aromatic nitrogens is 3. The fourth-order valence-electron chi connectivity index (χ4n) is 1.83. The molecule has 1 heterocycles. The van der Waals surface area contributed by atoms with Crippen LogP contribution in [0.15, 0.2) is 60.9 Å². The van der Waals surface area contributed by atoms with Gasteiger partial charge in [-0.3, -0.25) is 10.1 Å². The monoisotopic (exact) mass is 266 g/mol. The van der Waals surface area contributed by atoms with E-state index in [0.29, 0.717) is 5.82 Å². The summed E-state index contributed by atoms with van der Waals surface area (Å²) in [5, 5.41) is 15.0. The highest BCUT2D eigenvalue weighted by Gasteiger charge is 2.07. The summed E-state index contributed by atoms with van der Waals surface area (Å²) in [6.07, 6.45) is 1.59. The first-order chi connectivity index (χ1) is 9.74. The number of benzene rings is 2. The van der Waals surface area contributed by atoms with Gasteiger partial charge in [-0.1, -0.05) is 30.3 Å². The fourth-order valence-corrected chi connectivity index (χ4v) is 1.83. The van der Waals surface area contributed by atoms with Crippen LogP contribution in [-0.4, -0.2) is 19.7 Å². The van der Waals surface area contributed by atoms with Gasteiger partial charge in [0.25, 0.3) is 5.69 Å². The van der Waals surface area contributed by atoms with Crippen LogP contribution in [0, 0.1) is 10.1 Å². The molecule has 20 heavy (non-hydrogen) atoms. The molecule has 0 amide bonds. The van der Waals surface area contributed by atoms with Crippen LogP contribution >= 0.6 is 0 Å². The minimum Gasteiger partial charge on any atom is -0.258 e. The Bertz CT molecular complexity index is 735. The zero-order chi connectivity index (χ0) is 13.9. The number of hydrogen-bond acceptors (Lipinski definition) is 4. The van der Waals surface area contributed by atoms with Crippen molar-refractivity contribution in [1.29, 1.82) is 0 Å². The number of non-ortho nitro benzene ring substituents is 1. The Morgan fingerprint density at radius 1 is 1.00 bits per heavy atom. The van der Waals surface area contributed by atoms with Gasteiger partial charge in [-0.2, -0.15) is 0 Å². The van der Waals surface area contributed by atoms with E-state index in [9.17, 15) is 10.1 Å². The van der Waals surface area contributed by atoms with Crippen LogP contribution < -0.4 is 0 Å². The maximum Gasteiger partial charge on any atom is 0.269 e. The molecule has 3 aromatic rings. The summed E-state index contributed by atoms with van der Waals surface area (Å²) in [5.41, 5.74) is 1.70. The fraction of sp³-hybridized carbons (Fsp3) is 0. The van der Waals surface area contributed by atoms with E-state index in [0.717, 1.165) is 11.3 Å². The van der Waals surface area contributed by atoms with Gasteiger partial charge < -0.3 is 0 Å². The van der Waals surface area contributed by atoms with E-state index >= 15 is 0 Å². The average Bonchev–Trinajstić information content (AvgIpc) is 2.98. The summed E-state index contributed by atoms with van der Waals surface area (Å²) in [5.74, 6) is 0.615. The Labute approximate surface area is 114 Å². The first-order valence-electron chi connectivity index (χ1n) is 5.96. The lowest BCUT2D eigenvalue weighted by Crippen LogP contribution is -1.95. The number of rotatable bonds is 3. The van der Waals surface area contributed by atoms with Gasteiger partial charge in [0.2, 0.25) is 0 Å². The molecule has 6 heteroatoms. The van der Waals surface area contributed by atoms with Crippen molar-refractivity contribution in [2.24, 2.45) is 0 Å². The minimum absolute atomic E-state index is 0.0529. The predicted molar refractivity (Wildman–Crippen MR) is 73.4 cm³/mol. The van der Waals surface area contributed by atoms with Crippen molar-refractivity contribution in [2.45, 2.75) is 0 Å². The molecule has 0 N–H and O–H groups in total. The van der Waals surface area contributed by atoms with E-state index in [1.54, 1.807) is 23.1 Å². The molecule has 0 saturated heterocycles. The number of hydrogen-bond donors (Lipinski definition) is 0. The van der Waals surface area contributed by atoms with Gasteiger partial charge in [-0.15, -0.1) is 5.10 Å². The Morgan fingerprint density at radius 3 is 2.35 bits per heavy atom. The Balaban J connectivity index is 1.92. The van der Waals surface area contributed by atoms with Gasteiger partial charge in [-0.25, -0.2) is 9.67 Å². The summed E-state index contributed by atoms with van der Waals surface area (Å²) in [4.78, 5) is 14.4. The molecule has 0 aliphatic rings. The summed E-state index contributed by atoms with van der Waals surface area (Å²) in [7, 11) is 0. The summed E-state index contributed by atoms with van der Waals surface area (Å²) < 4.78 is 1.59. The highest BCUT2D eigenvalue weighted by molar-refractivity contribution is 5.54. The molecule has 0 saturated carbocycles. The minimum atomic E-state index is -0.430. The molecule has 0 aliphatic heterocycles. The first-order valence-corrected chi connectivity index (χ1v) is 5.96. The molecule has 0 unspecified atom stereocenters. The Morgan fingerprint density at radius 2 is 1.70 bits per heavy atom. The second-order valence-electron chi connectivity index (χ2n) is 4.15. The van der Waals surface area contributed by atoms with Crippen LogP contribution in [0.2, 0.25) is 0 Å². The molecule has 3 rings (SSSR count). The van der Waals surface area contributed by atoms with Crippen LogP contribution in [-0.2, 0) is 0 Å². The second-order valence-corrected chi connectivity index (χ2v) is 4.15. The molecule has 98 valence electrons. The molecule has 0 bridgehead atoms. The van der Waals surface area contributed by atoms with Crippen molar-refractivity contribution in [3.63, 3.8) is 0 Å². The third-order valence-electron chi connectivity index (χ3n) is 2.85. The molecule has 0 atom stereocenters. The van der Waals surface area contributed by atoms with Gasteiger partial charge >= 0.3 is 0 Å². The molecule has 2 aromatic carbocycles. The highest BCUT2D eigenvalue weighted by Crippen LogP contribution is 2.17. The van der Waals surface area contributed by atoms with Gasteiger partial charge in [0.05, 0.1) is 10.6 Å². The van der Waals surface area contributed by atoms with E-state index in [1.165, 1.54) is 12.1 Å². The number of nitro groups is 1. The van der Waals surface area contributed by atoms with Crippen LogP contribution in [0.5, 0.6) is 0 Å². The van der Waals surface area contributed by atoms with E-state index < -0.39 is 4.92 Å². The van der Waals surface area contributed by atoms with Crippen LogP contribution in [0.1, 0.15) is 0 Å². The zero-order valence-corrected chi connectivity index (χ0v) is 10.4. The first kappa shape index (κ1) is 12.0.